The molecule has 0 radical (unpaired) electrons. The Morgan fingerprint density at radius 2 is 1.84 bits per heavy atom. The molecule has 2 aromatic rings. The van der Waals surface area contributed by atoms with Gasteiger partial charge < -0.3 is 15.4 Å². The predicted molar refractivity (Wildman–Crippen MR) is 75.7 cm³/mol. The van der Waals surface area contributed by atoms with Crippen LogP contribution in [0.25, 0.3) is 5.69 Å². The zero-order valence-corrected chi connectivity index (χ0v) is 11.0. The van der Waals surface area contributed by atoms with E-state index in [1.807, 2.05) is 37.3 Å². The van der Waals surface area contributed by atoms with E-state index in [0.717, 1.165) is 43.4 Å². The van der Waals surface area contributed by atoms with Gasteiger partial charge in [-0.15, -0.1) is 5.10 Å². The van der Waals surface area contributed by atoms with Crippen molar-refractivity contribution < 1.29 is 4.74 Å². The van der Waals surface area contributed by atoms with E-state index in [1.54, 1.807) is 4.68 Å². The van der Waals surface area contributed by atoms with Crippen molar-refractivity contribution in [2.75, 3.05) is 36.9 Å². The highest BCUT2D eigenvalue weighted by molar-refractivity contribution is 5.60. The number of nitrogens with two attached hydrogens (primary N) is 1. The minimum Gasteiger partial charge on any atom is -0.383 e. The number of hydrogen-bond donors (Lipinski definition) is 1. The maximum Gasteiger partial charge on any atom is 0.156 e. The van der Waals surface area contributed by atoms with Crippen molar-refractivity contribution in [1.29, 1.82) is 0 Å². The molecule has 19 heavy (non-hydrogen) atoms. The summed E-state index contributed by atoms with van der Waals surface area (Å²) in [5.41, 5.74) is 8.21. The molecular weight excluding hydrogens is 240 g/mol. The molecule has 0 unspecified atom stereocenters. The SMILES string of the molecule is Cc1c(N2CCOCC2)nn(-c2ccccc2)c1N. The molecule has 5 nitrogen and oxygen atoms in total. The van der Waals surface area contributed by atoms with Crippen LogP contribution in [-0.2, 0) is 4.74 Å². The van der Waals surface area contributed by atoms with Gasteiger partial charge in [-0.05, 0) is 19.1 Å². The second-order valence-electron chi connectivity index (χ2n) is 4.68. The van der Waals surface area contributed by atoms with Crippen LogP contribution in [0.5, 0.6) is 0 Å². The molecule has 1 saturated heterocycles. The molecule has 0 amide bonds. The van der Waals surface area contributed by atoms with Crippen LogP contribution >= 0.6 is 0 Å². The predicted octanol–water partition coefficient (Wildman–Crippen LogP) is 1.60. The number of hydrogen-bond acceptors (Lipinski definition) is 4. The van der Waals surface area contributed by atoms with Gasteiger partial charge in [0.15, 0.2) is 5.82 Å². The highest BCUT2D eigenvalue weighted by Crippen LogP contribution is 2.27. The molecule has 0 bridgehead atoms. The topological polar surface area (TPSA) is 56.3 Å². The Bertz CT molecular complexity index is 558. The summed E-state index contributed by atoms with van der Waals surface area (Å²) in [5.74, 6) is 1.66. The van der Waals surface area contributed by atoms with Gasteiger partial charge in [0.05, 0.1) is 18.9 Å². The molecule has 0 spiro atoms. The van der Waals surface area contributed by atoms with Crippen molar-refractivity contribution >= 4 is 11.6 Å². The molecule has 1 fully saturated rings. The normalized spacial score (nSPS) is 15.7. The third-order valence-electron chi connectivity index (χ3n) is 3.45. The molecule has 1 aromatic heterocycles. The van der Waals surface area contributed by atoms with E-state index in [1.165, 1.54) is 0 Å². The highest BCUT2D eigenvalue weighted by Gasteiger charge is 2.20. The average Bonchev–Trinajstić information content (AvgIpc) is 2.77. The Kier molecular flexibility index (Phi) is 3.13. The average molecular weight is 258 g/mol. The van der Waals surface area contributed by atoms with Crippen LogP contribution in [0.1, 0.15) is 5.56 Å². The minimum absolute atomic E-state index is 0.702. The zero-order valence-electron chi connectivity index (χ0n) is 11.0. The number of anilines is 2. The van der Waals surface area contributed by atoms with Gasteiger partial charge in [0.1, 0.15) is 5.82 Å². The fourth-order valence-corrected chi connectivity index (χ4v) is 2.34. The molecule has 1 aliphatic rings. The zero-order chi connectivity index (χ0) is 13.2. The number of para-hydroxylation sites is 1. The third kappa shape index (κ3) is 2.17. The number of nitrogens with zero attached hydrogens (tertiary/aromatic N) is 3. The molecule has 0 aliphatic carbocycles. The van der Waals surface area contributed by atoms with E-state index < -0.39 is 0 Å². The van der Waals surface area contributed by atoms with E-state index in [-0.39, 0.29) is 0 Å². The second-order valence-corrected chi connectivity index (χ2v) is 4.68. The molecule has 5 heteroatoms. The summed E-state index contributed by atoms with van der Waals surface area (Å²) < 4.78 is 7.18. The first-order chi connectivity index (χ1) is 9.27. The molecular formula is C14H18N4O. The number of morpholine rings is 1. The van der Waals surface area contributed by atoms with Gasteiger partial charge in [0.2, 0.25) is 0 Å². The van der Waals surface area contributed by atoms with Crippen molar-refractivity contribution in [3.8, 4) is 5.69 Å². The largest absolute Gasteiger partial charge is 0.383 e. The Morgan fingerprint density at radius 1 is 1.16 bits per heavy atom. The number of rotatable bonds is 2. The smallest absolute Gasteiger partial charge is 0.156 e. The Morgan fingerprint density at radius 3 is 2.53 bits per heavy atom. The molecule has 2 N–H and O–H groups in total. The maximum absolute atomic E-state index is 6.18. The van der Waals surface area contributed by atoms with Gasteiger partial charge in [0, 0.05) is 18.7 Å². The lowest BCUT2D eigenvalue weighted by Crippen LogP contribution is -2.36. The van der Waals surface area contributed by atoms with Gasteiger partial charge in [0.25, 0.3) is 0 Å². The standard InChI is InChI=1S/C14H18N4O/c1-11-13(15)18(12-5-3-2-4-6-12)16-14(11)17-7-9-19-10-8-17/h2-6H,7-10,15H2,1H3. The van der Waals surface area contributed by atoms with Crippen molar-refractivity contribution in [1.82, 2.24) is 9.78 Å². The first-order valence-electron chi connectivity index (χ1n) is 6.50. The number of ether oxygens (including phenoxy) is 1. The van der Waals surface area contributed by atoms with Crippen LogP contribution in [0.4, 0.5) is 11.6 Å². The monoisotopic (exact) mass is 258 g/mol. The third-order valence-corrected chi connectivity index (χ3v) is 3.45. The van der Waals surface area contributed by atoms with Crippen molar-refractivity contribution in [3.05, 3.63) is 35.9 Å². The first kappa shape index (κ1) is 12.0. The van der Waals surface area contributed by atoms with E-state index >= 15 is 0 Å². The Labute approximate surface area is 112 Å². The van der Waals surface area contributed by atoms with E-state index in [4.69, 9.17) is 10.5 Å². The fourth-order valence-electron chi connectivity index (χ4n) is 2.34. The van der Waals surface area contributed by atoms with Crippen molar-refractivity contribution in [2.45, 2.75) is 6.92 Å². The van der Waals surface area contributed by atoms with Crippen molar-refractivity contribution in [3.63, 3.8) is 0 Å². The fraction of sp³-hybridized carbons (Fsp3) is 0.357. The minimum atomic E-state index is 0.702. The van der Waals surface area contributed by atoms with Crippen LogP contribution in [0.15, 0.2) is 30.3 Å². The van der Waals surface area contributed by atoms with Crippen LogP contribution in [0.2, 0.25) is 0 Å². The van der Waals surface area contributed by atoms with Gasteiger partial charge >= 0.3 is 0 Å². The van der Waals surface area contributed by atoms with E-state index in [9.17, 15) is 0 Å². The summed E-state index contributed by atoms with van der Waals surface area (Å²) in [4.78, 5) is 2.23. The molecule has 0 atom stereocenters. The van der Waals surface area contributed by atoms with Gasteiger partial charge in [-0.2, -0.15) is 0 Å². The molecule has 0 saturated carbocycles. The quantitative estimate of drug-likeness (QED) is 0.889. The molecule has 2 heterocycles. The molecule has 1 aromatic carbocycles. The van der Waals surface area contributed by atoms with Gasteiger partial charge in [-0.3, -0.25) is 0 Å². The second kappa shape index (κ2) is 4.93. The lowest BCUT2D eigenvalue weighted by atomic mass is 10.3. The Hall–Kier alpha value is -2.01. The summed E-state index contributed by atoms with van der Waals surface area (Å²) in [6, 6.07) is 9.97. The number of aromatic nitrogens is 2. The summed E-state index contributed by atoms with van der Waals surface area (Å²) in [7, 11) is 0. The Balaban J connectivity index is 1.99. The van der Waals surface area contributed by atoms with E-state index in [0.29, 0.717) is 5.82 Å². The van der Waals surface area contributed by atoms with Gasteiger partial charge in [-0.1, -0.05) is 18.2 Å². The molecule has 1 aliphatic heterocycles. The summed E-state index contributed by atoms with van der Waals surface area (Å²) in [6.07, 6.45) is 0. The summed E-state index contributed by atoms with van der Waals surface area (Å²) in [6.45, 7) is 5.25. The highest BCUT2D eigenvalue weighted by atomic mass is 16.5. The maximum atomic E-state index is 6.18. The number of nitrogen functional groups attached to an aromatic ring is 1. The van der Waals surface area contributed by atoms with Crippen LogP contribution in [0.3, 0.4) is 0 Å². The van der Waals surface area contributed by atoms with E-state index in [2.05, 4.69) is 10.00 Å². The lowest BCUT2D eigenvalue weighted by molar-refractivity contribution is 0.122. The molecule has 3 rings (SSSR count). The molecule has 100 valence electrons. The summed E-state index contributed by atoms with van der Waals surface area (Å²) in [5, 5.41) is 4.67. The van der Waals surface area contributed by atoms with Crippen LogP contribution in [0, 0.1) is 6.92 Å². The van der Waals surface area contributed by atoms with Crippen LogP contribution < -0.4 is 10.6 Å². The number of benzene rings is 1. The van der Waals surface area contributed by atoms with Gasteiger partial charge in [-0.25, -0.2) is 4.68 Å². The van der Waals surface area contributed by atoms with Crippen molar-refractivity contribution in [2.24, 2.45) is 0 Å². The first-order valence-corrected chi connectivity index (χ1v) is 6.50. The lowest BCUT2D eigenvalue weighted by Gasteiger charge is -2.27. The van der Waals surface area contributed by atoms with Crippen LogP contribution in [-0.4, -0.2) is 36.1 Å². The summed E-state index contributed by atoms with van der Waals surface area (Å²) >= 11 is 0.